The summed E-state index contributed by atoms with van der Waals surface area (Å²) in [6.07, 6.45) is 3.19. The molecule has 2 N–H and O–H groups in total. The highest BCUT2D eigenvalue weighted by Gasteiger charge is 2.30. The number of sulfonamides is 1. The first-order valence-corrected chi connectivity index (χ1v) is 9.60. The summed E-state index contributed by atoms with van der Waals surface area (Å²) in [6.45, 7) is 4.81. The Kier molecular flexibility index (Phi) is 4.76. The van der Waals surface area contributed by atoms with E-state index in [0.717, 1.165) is 18.4 Å². The molecule has 0 saturated carbocycles. The van der Waals surface area contributed by atoms with E-state index in [1.54, 1.807) is 41.8 Å². The highest BCUT2D eigenvalue weighted by Crippen LogP contribution is 2.26. The summed E-state index contributed by atoms with van der Waals surface area (Å²) < 4.78 is 32.3. The summed E-state index contributed by atoms with van der Waals surface area (Å²) in [7, 11) is -3.46. The Balaban J connectivity index is 1.76. The average molecular weight is 349 g/mol. The van der Waals surface area contributed by atoms with Gasteiger partial charge in [-0.15, -0.1) is 0 Å². The number of benzene rings is 1. The van der Waals surface area contributed by atoms with Gasteiger partial charge >= 0.3 is 0 Å². The van der Waals surface area contributed by atoms with Gasteiger partial charge in [0, 0.05) is 31.6 Å². The lowest BCUT2D eigenvalue weighted by molar-refractivity contribution is 0.250. The van der Waals surface area contributed by atoms with E-state index in [4.69, 9.17) is 10.2 Å². The molecule has 0 aliphatic carbocycles. The van der Waals surface area contributed by atoms with Crippen LogP contribution in [0.15, 0.2) is 39.8 Å². The van der Waals surface area contributed by atoms with Crippen molar-refractivity contribution in [3.05, 3.63) is 36.4 Å². The lowest BCUT2D eigenvalue weighted by Crippen LogP contribution is -2.42. The summed E-state index contributed by atoms with van der Waals surface area (Å²) in [4.78, 5) is 4.56. The monoisotopic (exact) mass is 349 g/mol. The van der Waals surface area contributed by atoms with E-state index in [1.165, 1.54) is 0 Å². The molecule has 24 heavy (non-hydrogen) atoms. The standard InChI is InChI=1S/C17H23N3O3S/c1-12(18)14-7-9-20(10-8-14)24(21,22)16-5-3-15(4-6-16)17-11-23-13(2)19-17/h3-6,11-12,14H,7-10,18H2,1-2H3. The number of nitrogens with two attached hydrogens (primary N) is 1. The third-order valence-electron chi connectivity index (χ3n) is 4.65. The second-order valence-electron chi connectivity index (χ2n) is 6.38. The van der Waals surface area contributed by atoms with E-state index >= 15 is 0 Å². The maximum atomic E-state index is 12.8. The second-order valence-corrected chi connectivity index (χ2v) is 8.31. The van der Waals surface area contributed by atoms with Gasteiger partial charge in [0.25, 0.3) is 0 Å². The van der Waals surface area contributed by atoms with E-state index in [2.05, 4.69) is 4.98 Å². The van der Waals surface area contributed by atoms with Crippen molar-refractivity contribution in [3.63, 3.8) is 0 Å². The molecule has 2 heterocycles. The van der Waals surface area contributed by atoms with Gasteiger partial charge in [0.2, 0.25) is 10.0 Å². The van der Waals surface area contributed by atoms with Crippen LogP contribution in [-0.4, -0.2) is 36.8 Å². The fraction of sp³-hybridized carbons (Fsp3) is 0.471. The first kappa shape index (κ1) is 17.1. The van der Waals surface area contributed by atoms with Crippen molar-refractivity contribution in [3.8, 4) is 11.3 Å². The van der Waals surface area contributed by atoms with Crippen LogP contribution < -0.4 is 5.73 Å². The lowest BCUT2D eigenvalue weighted by Gasteiger charge is -2.32. The summed E-state index contributed by atoms with van der Waals surface area (Å²) in [5.74, 6) is 0.980. The number of aryl methyl sites for hydroxylation is 1. The molecular formula is C17H23N3O3S. The molecule has 1 unspecified atom stereocenters. The Bertz CT molecular complexity index is 789. The smallest absolute Gasteiger partial charge is 0.243 e. The van der Waals surface area contributed by atoms with Crippen molar-refractivity contribution < 1.29 is 12.8 Å². The molecule has 1 aliphatic rings. The van der Waals surface area contributed by atoms with E-state index in [0.29, 0.717) is 35.5 Å². The maximum absolute atomic E-state index is 12.8. The number of piperidine rings is 1. The van der Waals surface area contributed by atoms with Crippen LogP contribution in [0.5, 0.6) is 0 Å². The summed E-state index contributed by atoms with van der Waals surface area (Å²) in [5, 5.41) is 0. The SMILES string of the molecule is Cc1nc(-c2ccc(S(=O)(=O)N3CCC(C(C)N)CC3)cc2)co1. The molecule has 130 valence electrons. The zero-order valence-electron chi connectivity index (χ0n) is 14.0. The molecule has 1 atom stereocenters. The van der Waals surface area contributed by atoms with Gasteiger partial charge in [0.05, 0.1) is 4.90 Å². The minimum Gasteiger partial charge on any atom is -0.449 e. The molecule has 1 aromatic heterocycles. The average Bonchev–Trinajstić information content (AvgIpc) is 3.01. The van der Waals surface area contributed by atoms with Crippen molar-refractivity contribution in [2.24, 2.45) is 11.7 Å². The topological polar surface area (TPSA) is 89.4 Å². The van der Waals surface area contributed by atoms with E-state index in [1.807, 2.05) is 6.92 Å². The van der Waals surface area contributed by atoms with Gasteiger partial charge in [-0.05, 0) is 37.8 Å². The largest absolute Gasteiger partial charge is 0.449 e. The number of oxazole rings is 1. The third kappa shape index (κ3) is 3.38. The predicted octanol–water partition coefficient (Wildman–Crippen LogP) is 2.40. The Morgan fingerprint density at radius 2 is 1.88 bits per heavy atom. The molecule has 0 spiro atoms. The van der Waals surface area contributed by atoms with Crippen molar-refractivity contribution in [2.75, 3.05) is 13.1 Å². The number of aromatic nitrogens is 1. The van der Waals surface area contributed by atoms with E-state index in [-0.39, 0.29) is 6.04 Å². The fourth-order valence-electron chi connectivity index (χ4n) is 3.08. The van der Waals surface area contributed by atoms with Crippen molar-refractivity contribution >= 4 is 10.0 Å². The van der Waals surface area contributed by atoms with Crippen LogP contribution in [0.1, 0.15) is 25.7 Å². The molecule has 0 radical (unpaired) electrons. The van der Waals surface area contributed by atoms with Crippen molar-refractivity contribution in [1.29, 1.82) is 0 Å². The van der Waals surface area contributed by atoms with Gasteiger partial charge < -0.3 is 10.2 Å². The molecule has 0 amide bonds. The number of hydrogen-bond acceptors (Lipinski definition) is 5. The van der Waals surface area contributed by atoms with Crippen LogP contribution in [0.3, 0.4) is 0 Å². The molecule has 6 nitrogen and oxygen atoms in total. The van der Waals surface area contributed by atoms with Crippen LogP contribution in [-0.2, 0) is 10.0 Å². The minimum absolute atomic E-state index is 0.111. The number of rotatable bonds is 4. The van der Waals surface area contributed by atoms with E-state index < -0.39 is 10.0 Å². The number of hydrogen-bond donors (Lipinski definition) is 1. The minimum atomic E-state index is -3.46. The van der Waals surface area contributed by atoms with Gasteiger partial charge in [-0.2, -0.15) is 4.31 Å². The zero-order chi connectivity index (χ0) is 17.3. The Morgan fingerprint density at radius 1 is 1.25 bits per heavy atom. The molecule has 1 aromatic carbocycles. The van der Waals surface area contributed by atoms with Gasteiger partial charge in [-0.1, -0.05) is 12.1 Å². The summed E-state index contributed by atoms with van der Waals surface area (Å²) in [5.41, 5.74) is 7.46. The zero-order valence-corrected chi connectivity index (χ0v) is 14.8. The fourth-order valence-corrected chi connectivity index (χ4v) is 4.55. The highest BCUT2D eigenvalue weighted by atomic mass is 32.2. The summed E-state index contributed by atoms with van der Waals surface area (Å²) >= 11 is 0. The van der Waals surface area contributed by atoms with Crippen LogP contribution in [0.25, 0.3) is 11.3 Å². The summed E-state index contributed by atoms with van der Waals surface area (Å²) in [6, 6.07) is 6.90. The van der Waals surface area contributed by atoms with Crippen LogP contribution >= 0.6 is 0 Å². The first-order chi connectivity index (χ1) is 11.4. The second kappa shape index (κ2) is 6.66. The quantitative estimate of drug-likeness (QED) is 0.915. The molecule has 7 heteroatoms. The van der Waals surface area contributed by atoms with Crippen molar-refractivity contribution in [2.45, 2.75) is 37.6 Å². The van der Waals surface area contributed by atoms with E-state index in [9.17, 15) is 8.42 Å². The third-order valence-corrected chi connectivity index (χ3v) is 6.56. The van der Waals surface area contributed by atoms with Crippen LogP contribution in [0.4, 0.5) is 0 Å². The van der Waals surface area contributed by atoms with Crippen molar-refractivity contribution in [1.82, 2.24) is 9.29 Å². The van der Waals surface area contributed by atoms with Crippen LogP contribution in [0, 0.1) is 12.8 Å². The van der Waals surface area contributed by atoms with Gasteiger partial charge in [-0.25, -0.2) is 13.4 Å². The molecule has 1 fully saturated rings. The Morgan fingerprint density at radius 3 is 2.38 bits per heavy atom. The number of nitrogens with zero attached hydrogens (tertiary/aromatic N) is 2. The molecule has 1 saturated heterocycles. The molecule has 3 rings (SSSR count). The lowest BCUT2D eigenvalue weighted by atomic mass is 9.92. The highest BCUT2D eigenvalue weighted by molar-refractivity contribution is 7.89. The first-order valence-electron chi connectivity index (χ1n) is 8.16. The van der Waals surface area contributed by atoms with Crippen LogP contribution in [0.2, 0.25) is 0 Å². The van der Waals surface area contributed by atoms with Gasteiger partial charge in [0.1, 0.15) is 12.0 Å². The predicted molar refractivity (Wildman–Crippen MR) is 91.8 cm³/mol. The molecule has 0 bridgehead atoms. The maximum Gasteiger partial charge on any atom is 0.243 e. The van der Waals surface area contributed by atoms with Gasteiger partial charge in [-0.3, -0.25) is 0 Å². The Hall–Kier alpha value is -1.70. The molecular weight excluding hydrogens is 326 g/mol. The van der Waals surface area contributed by atoms with Gasteiger partial charge in [0.15, 0.2) is 5.89 Å². The molecule has 1 aliphatic heterocycles. The molecule has 2 aromatic rings. The Labute approximate surface area is 142 Å². The normalized spacial score (nSPS) is 18.6.